The highest BCUT2D eigenvalue weighted by molar-refractivity contribution is 7.93. The van der Waals surface area contributed by atoms with E-state index in [9.17, 15) is 16.8 Å². The molecule has 2 aromatic carbocycles. The van der Waals surface area contributed by atoms with Gasteiger partial charge in [0, 0.05) is 18.9 Å². The van der Waals surface area contributed by atoms with Gasteiger partial charge in [0.05, 0.1) is 21.5 Å². The molecule has 0 saturated heterocycles. The van der Waals surface area contributed by atoms with E-state index in [1.165, 1.54) is 12.1 Å². The summed E-state index contributed by atoms with van der Waals surface area (Å²) in [6, 6.07) is 7.86. The van der Waals surface area contributed by atoms with Crippen molar-refractivity contribution in [3.8, 4) is 22.5 Å². The normalized spacial score (nSPS) is 12.5. The Labute approximate surface area is 170 Å². The van der Waals surface area contributed by atoms with Crippen LogP contribution in [0.3, 0.4) is 0 Å². The standard InChI is InChI=1S/C16H16N8O4S2/c1-24-10-5-3-4-9(13(10)19-16(24)17)8-6-7-11(29(2,25)26)14(30(18,27)28)12(8)15-20-22-23-21-15/h3-7H,1-2H3,(H2,17,19)(H2,18,27,28)(H,20,21,22,23). The van der Waals surface area contributed by atoms with Crippen LogP contribution in [0.5, 0.6) is 0 Å². The minimum Gasteiger partial charge on any atom is -0.369 e. The van der Waals surface area contributed by atoms with Gasteiger partial charge in [-0.3, -0.25) is 0 Å². The molecule has 0 unspecified atom stereocenters. The molecule has 156 valence electrons. The molecule has 0 amide bonds. The predicted molar refractivity (Wildman–Crippen MR) is 108 cm³/mol. The summed E-state index contributed by atoms with van der Waals surface area (Å²) in [4.78, 5) is 3.26. The monoisotopic (exact) mass is 448 g/mol. The van der Waals surface area contributed by atoms with Crippen LogP contribution in [0, 0.1) is 0 Å². The fourth-order valence-electron chi connectivity index (χ4n) is 3.30. The summed E-state index contributed by atoms with van der Waals surface area (Å²) in [5.74, 6) is 0.110. The van der Waals surface area contributed by atoms with Gasteiger partial charge in [-0.2, -0.15) is 5.21 Å². The Morgan fingerprint density at radius 3 is 2.40 bits per heavy atom. The summed E-state index contributed by atoms with van der Waals surface area (Å²) >= 11 is 0. The molecule has 0 aliphatic heterocycles. The number of aromatic nitrogens is 6. The van der Waals surface area contributed by atoms with Crippen molar-refractivity contribution in [3.63, 3.8) is 0 Å². The number of fused-ring (bicyclic) bond motifs is 1. The minimum atomic E-state index is -4.51. The van der Waals surface area contributed by atoms with Gasteiger partial charge in [-0.15, -0.1) is 10.2 Å². The lowest BCUT2D eigenvalue weighted by atomic mass is 9.98. The highest BCUT2D eigenvalue weighted by Crippen LogP contribution is 2.40. The zero-order valence-electron chi connectivity index (χ0n) is 15.7. The number of sulfone groups is 1. The number of aryl methyl sites for hydroxylation is 1. The van der Waals surface area contributed by atoms with E-state index in [-0.39, 0.29) is 17.3 Å². The van der Waals surface area contributed by atoms with Crippen molar-refractivity contribution in [1.82, 2.24) is 30.2 Å². The van der Waals surface area contributed by atoms with Crippen molar-refractivity contribution in [1.29, 1.82) is 0 Å². The summed E-state index contributed by atoms with van der Waals surface area (Å²) in [7, 11) is -6.74. The van der Waals surface area contributed by atoms with E-state index < -0.39 is 29.7 Å². The second kappa shape index (κ2) is 6.58. The number of nitrogens with two attached hydrogens (primary N) is 2. The molecule has 0 saturated carbocycles. The van der Waals surface area contributed by atoms with E-state index in [2.05, 4.69) is 25.6 Å². The van der Waals surface area contributed by atoms with Gasteiger partial charge in [0.1, 0.15) is 4.90 Å². The number of benzene rings is 2. The molecule has 0 aliphatic carbocycles. The maximum Gasteiger partial charge on any atom is 0.240 e. The van der Waals surface area contributed by atoms with Gasteiger partial charge in [0.25, 0.3) is 0 Å². The van der Waals surface area contributed by atoms with Gasteiger partial charge in [-0.1, -0.05) is 18.2 Å². The molecule has 2 heterocycles. The van der Waals surface area contributed by atoms with Crippen molar-refractivity contribution in [3.05, 3.63) is 30.3 Å². The average Bonchev–Trinajstić information content (AvgIpc) is 3.28. The molecule has 30 heavy (non-hydrogen) atoms. The lowest BCUT2D eigenvalue weighted by Crippen LogP contribution is -2.18. The Hall–Kier alpha value is -3.36. The Morgan fingerprint density at radius 2 is 1.80 bits per heavy atom. The van der Waals surface area contributed by atoms with Crippen LogP contribution in [0.25, 0.3) is 33.5 Å². The smallest absolute Gasteiger partial charge is 0.240 e. The Morgan fingerprint density at radius 1 is 1.07 bits per heavy atom. The minimum absolute atomic E-state index is 0.106. The SMILES string of the molecule is Cn1c(N)nc2c(-c3ccc(S(C)(=O)=O)c(S(N)(=O)=O)c3-c3nn[nH]n3)cccc21. The number of hydrogen-bond donors (Lipinski definition) is 3. The van der Waals surface area contributed by atoms with Crippen LogP contribution in [0.15, 0.2) is 40.1 Å². The Bertz CT molecular complexity index is 1510. The van der Waals surface area contributed by atoms with Gasteiger partial charge in [0.15, 0.2) is 9.84 Å². The molecule has 14 heteroatoms. The average molecular weight is 448 g/mol. The largest absolute Gasteiger partial charge is 0.369 e. The maximum atomic E-state index is 12.5. The third-order valence-corrected chi connectivity index (χ3v) is 6.87. The first-order chi connectivity index (χ1) is 14.0. The summed E-state index contributed by atoms with van der Waals surface area (Å²) in [6.07, 6.45) is 0.886. The highest BCUT2D eigenvalue weighted by Gasteiger charge is 2.31. The molecule has 4 aromatic rings. The van der Waals surface area contributed by atoms with E-state index in [1.807, 2.05) is 0 Å². The van der Waals surface area contributed by atoms with Crippen LogP contribution in [0.1, 0.15) is 0 Å². The second-order valence-electron chi connectivity index (χ2n) is 6.57. The first kappa shape index (κ1) is 19.9. The summed E-state index contributed by atoms with van der Waals surface area (Å²) in [5.41, 5.74) is 7.79. The fourth-order valence-corrected chi connectivity index (χ4v) is 5.69. The van der Waals surface area contributed by atoms with Crippen LogP contribution in [-0.2, 0) is 26.9 Å². The van der Waals surface area contributed by atoms with Gasteiger partial charge >= 0.3 is 0 Å². The van der Waals surface area contributed by atoms with Crippen LogP contribution in [-0.4, -0.2) is 53.3 Å². The number of imidazole rings is 1. The molecular formula is C16H16N8O4S2. The van der Waals surface area contributed by atoms with E-state index in [4.69, 9.17) is 10.9 Å². The lowest BCUT2D eigenvalue weighted by Gasteiger charge is -2.15. The van der Waals surface area contributed by atoms with Crippen molar-refractivity contribution in [2.45, 2.75) is 9.79 Å². The number of aromatic amines is 1. The Balaban J connectivity index is 2.23. The lowest BCUT2D eigenvalue weighted by molar-refractivity contribution is 0.586. The second-order valence-corrected chi connectivity index (χ2v) is 10.1. The van der Waals surface area contributed by atoms with Crippen molar-refractivity contribution in [2.75, 3.05) is 12.0 Å². The summed E-state index contributed by atoms with van der Waals surface area (Å²) < 4.78 is 51.3. The number of primary sulfonamides is 1. The topological polar surface area (TPSA) is 193 Å². The van der Waals surface area contributed by atoms with E-state index in [0.717, 1.165) is 6.26 Å². The highest BCUT2D eigenvalue weighted by atomic mass is 32.2. The number of hydrogen-bond acceptors (Lipinski definition) is 9. The molecule has 0 spiro atoms. The molecule has 0 fully saturated rings. The van der Waals surface area contributed by atoms with Gasteiger partial charge in [-0.05, 0) is 22.9 Å². The quantitative estimate of drug-likeness (QED) is 0.387. The van der Waals surface area contributed by atoms with Crippen molar-refractivity contribution < 1.29 is 16.8 Å². The fraction of sp³-hybridized carbons (Fsp3) is 0.125. The molecular weight excluding hydrogens is 432 g/mol. The first-order valence-corrected chi connectivity index (χ1v) is 11.8. The predicted octanol–water partition coefficient (Wildman–Crippen LogP) is 0.0535. The molecule has 0 aliphatic rings. The van der Waals surface area contributed by atoms with Gasteiger partial charge in [-0.25, -0.2) is 27.0 Å². The molecule has 4 rings (SSSR count). The van der Waals surface area contributed by atoms with E-state index in [1.54, 1.807) is 29.8 Å². The van der Waals surface area contributed by atoms with Crippen LogP contribution < -0.4 is 10.9 Å². The van der Waals surface area contributed by atoms with Gasteiger partial charge in [0.2, 0.25) is 21.8 Å². The molecule has 0 atom stereocenters. The van der Waals surface area contributed by atoms with Crippen LogP contribution in [0.2, 0.25) is 0 Å². The first-order valence-electron chi connectivity index (χ1n) is 8.35. The summed E-state index contributed by atoms with van der Waals surface area (Å²) in [5, 5.41) is 18.9. The number of anilines is 1. The summed E-state index contributed by atoms with van der Waals surface area (Å²) in [6.45, 7) is 0. The van der Waals surface area contributed by atoms with Crippen LogP contribution in [0.4, 0.5) is 5.95 Å². The Kier molecular flexibility index (Phi) is 4.37. The van der Waals surface area contributed by atoms with Crippen molar-refractivity contribution >= 4 is 36.8 Å². The van der Waals surface area contributed by atoms with Crippen LogP contribution >= 0.6 is 0 Å². The number of nitrogen functional groups attached to an aromatic ring is 1. The number of nitrogens with one attached hydrogen (secondary N) is 1. The third kappa shape index (κ3) is 3.10. The third-order valence-electron chi connectivity index (χ3n) is 4.61. The number of para-hydroxylation sites is 1. The molecule has 5 N–H and O–H groups in total. The van der Waals surface area contributed by atoms with Gasteiger partial charge < -0.3 is 10.3 Å². The number of H-pyrrole nitrogens is 1. The zero-order valence-corrected chi connectivity index (χ0v) is 17.4. The molecule has 0 bridgehead atoms. The molecule has 2 aromatic heterocycles. The van der Waals surface area contributed by atoms with Crippen molar-refractivity contribution in [2.24, 2.45) is 12.2 Å². The number of nitrogens with zero attached hydrogens (tertiary/aromatic N) is 5. The zero-order chi connectivity index (χ0) is 21.8. The number of sulfonamides is 1. The maximum absolute atomic E-state index is 12.5. The van der Waals surface area contributed by atoms with E-state index >= 15 is 0 Å². The molecule has 0 radical (unpaired) electrons. The number of tetrazole rings is 1. The number of rotatable bonds is 4. The molecule has 12 nitrogen and oxygen atoms in total. The van der Waals surface area contributed by atoms with E-state index in [0.29, 0.717) is 22.2 Å².